The van der Waals surface area contributed by atoms with E-state index in [0.29, 0.717) is 6.54 Å². The molecule has 4 nitrogen and oxygen atoms in total. The highest BCUT2D eigenvalue weighted by atomic mass is 32.1. The van der Waals surface area contributed by atoms with Crippen LogP contribution in [0.3, 0.4) is 0 Å². The van der Waals surface area contributed by atoms with Crippen LogP contribution in [0.2, 0.25) is 0 Å². The van der Waals surface area contributed by atoms with Crippen LogP contribution in [0, 0.1) is 20.8 Å². The molecule has 2 aromatic heterocycles. The van der Waals surface area contributed by atoms with Crippen molar-refractivity contribution < 1.29 is 4.79 Å². The Labute approximate surface area is 133 Å². The van der Waals surface area contributed by atoms with E-state index in [1.807, 2.05) is 24.7 Å². The second-order valence-corrected chi connectivity index (χ2v) is 6.68. The maximum Gasteiger partial charge on any atom is 0.261 e. The van der Waals surface area contributed by atoms with E-state index in [9.17, 15) is 4.79 Å². The molecule has 1 N–H and O–H groups in total. The van der Waals surface area contributed by atoms with Crippen LogP contribution in [0.25, 0.3) is 10.2 Å². The van der Waals surface area contributed by atoms with Gasteiger partial charge in [0.25, 0.3) is 5.91 Å². The summed E-state index contributed by atoms with van der Waals surface area (Å²) in [5, 5.41) is 8.43. The minimum Gasteiger partial charge on any atom is -0.347 e. The molecule has 0 saturated heterocycles. The number of fused-ring (bicyclic) bond motifs is 1. The smallest absolute Gasteiger partial charge is 0.261 e. The average molecular weight is 313 g/mol. The monoisotopic (exact) mass is 313 g/mol. The zero-order valence-corrected chi connectivity index (χ0v) is 14.0. The number of hydrogen-bond donors (Lipinski definition) is 1. The first-order chi connectivity index (χ1) is 10.5. The van der Waals surface area contributed by atoms with Crippen LogP contribution >= 0.6 is 11.3 Å². The molecule has 0 radical (unpaired) electrons. The van der Waals surface area contributed by atoms with Gasteiger partial charge in [-0.1, -0.05) is 23.8 Å². The zero-order valence-electron chi connectivity index (χ0n) is 13.2. The molecule has 0 atom stereocenters. The summed E-state index contributed by atoms with van der Waals surface area (Å²) >= 11 is 1.48. The maximum absolute atomic E-state index is 12.4. The lowest BCUT2D eigenvalue weighted by molar-refractivity contribution is 0.0955. The molecule has 3 aromatic rings. The third kappa shape index (κ3) is 2.64. The Hall–Kier alpha value is -2.14. The van der Waals surface area contributed by atoms with Crippen molar-refractivity contribution in [2.24, 2.45) is 7.05 Å². The van der Waals surface area contributed by atoms with E-state index in [-0.39, 0.29) is 5.91 Å². The third-order valence-electron chi connectivity index (χ3n) is 3.86. The number of aryl methyl sites for hydroxylation is 4. The summed E-state index contributed by atoms with van der Waals surface area (Å²) in [4.78, 5) is 14.1. The number of carbonyl (C=O) groups is 1. The third-order valence-corrected chi connectivity index (χ3v) is 5.06. The molecule has 0 unspecified atom stereocenters. The molecule has 114 valence electrons. The van der Waals surface area contributed by atoms with Gasteiger partial charge in [-0.2, -0.15) is 5.10 Å². The molecule has 0 aliphatic carbocycles. The molecule has 0 spiro atoms. The van der Waals surface area contributed by atoms with Crippen molar-refractivity contribution in [2.45, 2.75) is 27.3 Å². The van der Waals surface area contributed by atoms with Gasteiger partial charge >= 0.3 is 0 Å². The molecule has 0 fully saturated rings. The van der Waals surface area contributed by atoms with Gasteiger partial charge in [-0.3, -0.25) is 9.48 Å². The highest BCUT2D eigenvalue weighted by molar-refractivity contribution is 7.20. The number of carbonyl (C=O) groups excluding carboxylic acids is 1. The van der Waals surface area contributed by atoms with Gasteiger partial charge in [-0.25, -0.2) is 0 Å². The van der Waals surface area contributed by atoms with E-state index in [0.717, 1.165) is 26.4 Å². The standard InChI is InChI=1S/C17H19N3OS/c1-10-5-6-13(11(2)7-10)9-18-16(21)15-8-14-12(3)19-20(4)17(14)22-15/h5-8H,9H2,1-4H3,(H,18,21). The van der Waals surface area contributed by atoms with Crippen LogP contribution in [-0.2, 0) is 13.6 Å². The molecule has 0 saturated carbocycles. The lowest BCUT2D eigenvalue weighted by Crippen LogP contribution is -2.22. The van der Waals surface area contributed by atoms with Crippen LogP contribution in [0.5, 0.6) is 0 Å². The number of aromatic nitrogens is 2. The largest absolute Gasteiger partial charge is 0.347 e. The summed E-state index contributed by atoms with van der Waals surface area (Å²) in [6.07, 6.45) is 0. The fourth-order valence-electron chi connectivity index (χ4n) is 2.62. The van der Waals surface area contributed by atoms with Gasteiger partial charge in [0.15, 0.2) is 0 Å². The quantitative estimate of drug-likeness (QED) is 0.804. The Kier molecular flexibility index (Phi) is 3.74. The van der Waals surface area contributed by atoms with Crippen molar-refractivity contribution in [1.82, 2.24) is 15.1 Å². The molecule has 0 bridgehead atoms. The van der Waals surface area contributed by atoms with E-state index in [1.54, 1.807) is 0 Å². The van der Waals surface area contributed by atoms with Gasteiger partial charge in [-0.15, -0.1) is 11.3 Å². The molecule has 2 heterocycles. The predicted molar refractivity (Wildman–Crippen MR) is 90.4 cm³/mol. The van der Waals surface area contributed by atoms with Gasteiger partial charge in [-0.05, 0) is 38.0 Å². The fraction of sp³-hybridized carbons (Fsp3) is 0.294. The van der Waals surface area contributed by atoms with Crippen molar-refractivity contribution in [1.29, 1.82) is 0 Å². The molecule has 0 aliphatic rings. The topological polar surface area (TPSA) is 46.9 Å². The number of amides is 1. The second kappa shape index (κ2) is 5.57. The summed E-state index contributed by atoms with van der Waals surface area (Å²) in [5.74, 6) is -0.0272. The lowest BCUT2D eigenvalue weighted by Gasteiger charge is -2.08. The van der Waals surface area contributed by atoms with Crippen molar-refractivity contribution in [3.05, 3.63) is 51.5 Å². The number of nitrogens with zero attached hydrogens (tertiary/aromatic N) is 2. The van der Waals surface area contributed by atoms with Gasteiger partial charge < -0.3 is 5.32 Å². The Bertz CT molecular complexity index is 826. The van der Waals surface area contributed by atoms with Crippen molar-refractivity contribution >= 4 is 27.5 Å². The summed E-state index contributed by atoms with van der Waals surface area (Å²) in [6.45, 7) is 6.66. The summed E-state index contributed by atoms with van der Waals surface area (Å²) < 4.78 is 1.83. The van der Waals surface area contributed by atoms with Gasteiger partial charge in [0.05, 0.1) is 10.6 Å². The van der Waals surface area contributed by atoms with Gasteiger partial charge in [0, 0.05) is 19.0 Å². The molecular formula is C17H19N3OS. The maximum atomic E-state index is 12.4. The van der Waals surface area contributed by atoms with Crippen molar-refractivity contribution in [3.63, 3.8) is 0 Å². The van der Waals surface area contributed by atoms with Crippen LogP contribution in [0.4, 0.5) is 0 Å². The first-order valence-electron chi connectivity index (χ1n) is 7.23. The Morgan fingerprint density at radius 3 is 2.73 bits per heavy atom. The van der Waals surface area contributed by atoms with E-state index in [4.69, 9.17) is 0 Å². The van der Waals surface area contributed by atoms with Crippen LogP contribution in [-0.4, -0.2) is 15.7 Å². The highest BCUT2D eigenvalue weighted by Crippen LogP contribution is 2.27. The van der Waals surface area contributed by atoms with Crippen LogP contribution in [0.1, 0.15) is 32.1 Å². The summed E-state index contributed by atoms with van der Waals surface area (Å²) in [7, 11) is 1.91. The number of thiophene rings is 1. The second-order valence-electron chi connectivity index (χ2n) is 5.65. The lowest BCUT2D eigenvalue weighted by atomic mass is 10.1. The van der Waals surface area contributed by atoms with Crippen LogP contribution in [0.15, 0.2) is 24.3 Å². The SMILES string of the molecule is Cc1ccc(CNC(=O)c2cc3c(C)nn(C)c3s2)c(C)c1. The van der Waals surface area contributed by atoms with Gasteiger partial charge in [0.2, 0.25) is 0 Å². The number of benzene rings is 1. The molecule has 1 amide bonds. The van der Waals surface area contributed by atoms with E-state index in [1.165, 1.54) is 22.5 Å². The number of nitrogens with one attached hydrogen (secondary N) is 1. The van der Waals surface area contributed by atoms with Crippen LogP contribution < -0.4 is 5.32 Å². The van der Waals surface area contributed by atoms with Crippen molar-refractivity contribution in [3.8, 4) is 0 Å². The molecule has 0 aliphatic heterocycles. The summed E-state index contributed by atoms with van der Waals surface area (Å²) in [5.41, 5.74) is 4.55. The molecule has 3 rings (SSSR count). The Morgan fingerprint density at radius 1 is 1.27 bits per heavy atom. The molecule has 5 heteroatoms. The fourth-order valence-corrected chi connectivity index (χ4v) is 3.66. The van der Waals surface area contributed by atoms with E-state index in [2.05, 4.69) is 42.5 Å². The minimum atomic E-state index is -0.0272. The normalized spacial score (nSPS) is 11.1. The number of rotatable bonds is 3. The summed E-state index contributed by atoms with van der Waals surface area (Å²) in [6, 6.07) is 8.21. The Morgan fingerprint density at radius 2 is 2.05 bits per heavy atom. The highest BCUT2D eigenvalue weighted by Gasteiger charge is 2.15. The first-order valence-corrected chi connectivity index (χ1v) is 8.05. The minimum absolute atomic E-state index is 0.0272. The zero-order chi connectivity index (χ0) is 15.9. The first kappa shape index (κ1) is 14.8. The Balaban J connectivity index is 1.77. The predicted octanol–water partition coefficient (Wildman–Crippen LogP) is 3.49. The molecular weight excluding hydrogens is 294 g/mol. The van der Waals surface area contributed by atoms with Crippen molar-refractivity contribution in [2.75, 3.05) is 0 Å². The molecule has 1 aromatic carbocycles. The van der Waals surface area contributed by atoms with E-state index >= 15 is 0 Å². The van der Waals surface area contributed by atoms with E-state index < -0.39 is 0 Å². The molecule has 22 heavy (non-hydrogen) atoms. The average Bonchev–Trinajstić information content (AvgIpc) is 3.00. The number of hydrogen-bond acceptors (Lipinski definition) is 3. The van der Waals surface area contributed by atoms with Gasteiger partial charge in [0.1, 0.15) is 4.83 Å².